The van der Waals surface area contributed by atoms with Crippen molar-refractivity contribution in [1.82, 2.24) is 0 Å². The minimum atomic E-state index is -1.13. The summed E-state index contributed by atoms with van der Waals surface area (Å²) < 4.78 is 5.60. The Morgan fingerprint density at radius 1 is 1.47 bits per heavy atom. The predicted molar refractivity (Wildman–Crippen MR) is 70.4 cm³/mol. The SMILES string of the molecule is Cc1cc([N+](=O)[O-])c2cccc3c2c1OCC3(C)O. The predicted octanol–water partition coefficient (Wildman–Crippen LogP) is 2.66. The third kappa shape index (κ3) is 1.58. The van der Waals surface area contributed by atoms with Crippen molar-refractivity contribution in [2.45, 2.75) is 19.4 Å². The van der Waals surface area contributed by atoms with Crippen LogP contribution in [-0.2, 0) is 5.60 Å². The smallest absolute Gasteiger partial charge is 0.277 e. The molecule has 1 N–H and O–H groups in total. The van der Waals surface area contributed by atoms with E-state index in [1.165, 1.54) is 6.07 Å². The van der Waals surface area contributed by atoms with Gasteiger partial charge in [-0.05, 0) is 31.0 Å². The van der Waals surface area contributed by atoms with Gasteiger partial charge in [-0.1, -0.05) is 12.1 Å². The standard InChI is InChI=1S/C14H13NO4/c1-8-6-11(15(17)18)9-4-3-5-10-12(9)13(8)19-7-14(10,2)16/h3-6,16H,7H2,1-2H3. The summed E-state index contributed by atoms with van der Waals surface area (Å²) >= 11 is 0. The Labute approximate surface area is 109 Å². The molecule has 0 fully saturated rings. The fraction of sp³-hybridized carbons (Fsp3) is 0.286. The van der Waals surface area contributed by atoms with Crippen LogP contribution in [0.5, 0.6) is 5.75 Å². The van der Waals surface area contributed by atoms with Crippen molar-refractivity contribution in [1.29, 1.82) is 0 Å². The fourth-order valence-electron chi connectivity index (χ4n) is 2.63. The van der Waals surface area contributed by atoms with Crippen molar-refractivity contribution in [3.63, 3.8) is 0 Å². The van der Waals surface area contributed by atoms with Gasteiger partial charge in [0.15, 0.2) is 0 Å². The average Bonchev–Trinajstić information content (AvgIpc) is 2.35. The highest BCUT2D eigenvalue weighted by atomic mass is 16.6. The molecule has 98 valence electrons. The second kappa shape index (κ2) is 3.68. The molecule has 0 saturated heterocycles. The number of aryl methyl sites for hydroxylation is 1. The number of hydrogen-bond acceptors (Lipinski definition) is 4. The highest BCUT2D eigenvalue weighted by molar-refractivity contribution is 5.99. The van der Waals surface area contributed by atoms with E-state index in [9.17, 15) is 15.2 Å². The molecule has 0 aliphatic carbocycles. The molecule has 1 unspecified atom stereocenters. The highest BCUT2D eigenvalue weighted by Gasteiger charge is 2.34. The molecule has 5 nitrogen and oxygen atoms in total. The molecular formula is C14H13NO4. The lowest BCUT2D eigenvalue weighted by atomic mass is 9.87. The Kier molecular flexibility index (Phi) is 2.31. The maximum atomic E-state index is 11.2. The van der Waals surface area contributed by atoms with Crippen LogP contribution in [0, 0.1) is 17.0 Å². The maximum Gasteiger partial charge on any atom is 0.277 e. The van der Waals surface area contributed by atoms with Crippen LogP contribution < -0.4 is 4.74 Å². The number of nitro benzene ring substituents is 1. The summed E-state index contributed by atoms with van der Waals surface area (Å²) in [6.07, 6.45) is 0. The Hall–Kier alpha value is -2.14. The number of nitro groups is 1. The summed E-state index contributed by atoms with van der Waals surface area (Å²) in [6.45, 7) is 3.58. The number of aliphatic hydroxyl groups is 1. The number of benzene rings is 2. The van der Waals surface area contributed by atoms with E-state index in [1.54, 1.807) is 32.0 Å². The van der Waals surface area contributed by atoms with Gasteiger partial charge in [0.05, 0.1) is 10.3 Å². The third-order valence-electron chi connectivity index (χ3n) is 3.55. The van der Waals surface area contributed by atoms with Crippen LogP contribution in [-0.4, -0.2) is 16.6 Å². The Morgan fingerprint density at radius 3 is 2.89 bits per heavy atom. The van der Waals surface area contributed by atoms with Crippen molar-refractivity contribution in [3.05, 3.63) is 45.5 Å². The lowest BCUT2D eigenvalue weighted by Crippen LogP contribution is -2.33. The van der Waals surface area contributed by atoms with E-state index in [1.807, 2.05) is 0 Å². The molecule has 5 heteroatoms. The first kappa shape index (κ1) is 11.9. The van der Waals surface area contributed by atoms with Crippen molar-refractivity contribution >= 4 is 16.5 Å². The number of hydrogen-bond donors (Lipinski definition) is 1. The second-order valence-electron chi connectivity index (χ2n) is 5.09. The lowest BCUT2D eigenvalue weighted by molar-refractivity contribution is -0.383. The van der Waals surface area contributed by atoms with Crippen molar-refractivity contribution in [3.8, 4) is 5.75 Å². The number of nitrogens with zero attached hydrogens (tertiary/aromatic N) is 1. The fourth-order valence-corrected chi connectivity index (χ4v) is 2.63. The lowest BCUT2D eigenvalue weighted by Gasteiger charge is -2.31. The van der Waals surface area contributed by atoms with Crippen LogP contribution in [0.2, 0.25) is 0 Å². The summed E-state index contributed by atoms with van der Waals surface area (Å²) in [5.74, 6) is 0.628. The van der Waals surface area contributed by atoms with Crippen LogP contribution in [0.1, 0.15) is 18.1 Å². The first-order valence-corrected chi connectivity index (χ1v) is 5.98. The van der Waals surface area contributed by atoms with Crippen LogP contribution in [0.15, 0.2) is 24.3 Å². The first-order chi connectivity index (χ1) is 8.92. The van der Waals surface area contributed by atoms with Crippen LogP contribution in [0.4, 0.5) is 5.69 Å². The van der Waals surface area contributed by atoms with Gasteiger partial charge < -0.3 is 9.84 Å². The van der Waals surface area contributed by atoms with E-state index in [2.05, 4.69) is 0 Å². The Morgan fingerprint density at radius 2 is 2.21 bits per heavy atom. The zero-order chi connectivity index (χ0) is 13.8. The van der Waals surface area contributed by atoms with Gasteiger partial charge >= 0.3 is 0 Å². The average molecular weight is 259 g/mol. The summed E-state index contributed by atoms with van der Waals surface area (Å²) in [5.41, 5.74) is 0.299. The zero-order valence-electron chi connectivity index (χ0n) is 10.6. The van der Waals surface area contributed by atoms with E-state index in [0.29, 0.717) is 27.6 Å². The summed E-state index contributed by atoms with van der Waals surface area (Å²) in [6, 6.07) is 6.72. The molecule has 0 spiro atoms. The van der Waals surface area contributed by atoms with Crippen LogP contribution in [0.25, 0.3) is 10.8 Å². The van der Waals surface area contributed by atoms with Gasteiger partial charge in [-0.3, -0.25) is 10.1 Å². The normalized spacial score (nSPS) is 21.2. The maximum absolute atomic E-state index is 11.2. The topological polar surface area (TPSA) is 72.6 Å². The molecule has 2 aromatic carbocycles. The van der Waals surface area contributed by atoms with Gasteiger partial charge in [-0.2, -0.15) is 0 Å². The van der Waals surface area contributed by atoms with E-state index in [-0.39, 0.29) is 12.3 Å². The largest absolute Gasteiger partial charge is 0.489 e. The molecule has 0 saturated carbocycles. The van der Waals surface area contributed by atoms with Crippen LogP contribution in [0.3, 0.4) is 0 Å². The molecule has 0 radical (unpaired) electrons. The molecule has 1 aliphatic heterocycles. The molecule has 19 heavy (non-hydrogen) atoms. The van der Waals surface area contributed by atoms with Gasteiger partial charge in [0, 0.05) is 11.5 Å². The minimum Gasteiger partial charge on any atom is -0.489 e. The summed E-state index contributed by atoms with van der Waals surface area (Å²) in [7, 11) is 0. The van der Waals surface area contributed by atoms with E-state index in [4.69, 9.17) is 4.74 Å². The first-order valence-electron chi connectivity index (χ1n) is 5.98. The molecule has 1 aliphatic rings. The summed E-state index contributed by atoms with van der Waals surface area (Å²) in [5, 5.41) is 22.7. The van der Waals surface area contributed by atoms with E-state index < -0.39 is 10.5 Å². The second-order valence-corrected chi connectivity index (χ2v) is 5.09. The summed E-state index contributed by atoms with van der Waals surface area (Å²) in [4.78, 5) is 10.8. The Balaban J connectivity index is 2.51. The molecule has 1 atom stereocenters. The third-order valence-corrected chi connectivity index (χ3v) is 3.55. The van der Waals surface area contributed by atoms with Crippen molar-refractivity contribution in [2.75, 3.05) is 6.61 Å². The molecule has 0 bridgehead atoms. The monoisotopic (exact) mass is 259 g/mol. The van der Waals surface area contributed by atoms with Crippen molar-refractivity contribution in [2.24, 2.45) is 0 Å². The molecule has 1 heterocycles. The van der Waals surface area contributed by atoms with E-state index in [0.717, 1.165) is 0 Å². The van der Waals surface area contributed by atoms with Gasteiger partial charge in [-0.15, -0.1) is 0 Å². The minimum absolute atomic E-state index is 0.0411. The van der Waals surface area contributed by atoms with Gasteiger partial charge in [0.1, 0.15) is 18.0 Å². The van der Waals surface area contributed by atoms with Gasteiger partial charge in [0.25, 0.3) is 5.69 Å². The van der Waals surface area contributed by atoms with Crippen LogP contribution >= 0.6 is 0 Å². The quantitative estimate of drug-likeness (QED) is 0.631. The molecule has 3 rings (SSSR count). The van der Waals surface area contributed by atoms with E-state index >= 15 is 0 Å². The highest BCUT2D eigenvalue weighted by Crippen LogP contribution is 2.44. The molecule has 2 aromatic rings. The Bertz CT molecular complexity index is 706. The molecule has 0 amide bonds. The number of rotatable bonds is 1. The molecular weight excluding hydrogens is 246 g/mol. The van der Waals surface area contributed by atoms with Gasteiger partial charge in [-0.25, -0.2) is 0 Å². The number of non-ortho nitro benzene ring substituents is 1. The zero-order valence-corrected chi connectivity index (χ0v) is 10.6. The van der Waals surface area contributed by atoms with Crippen molar-refractivity contribution < 1.29 is 14.8 Å². The molecule has 0 aromatic heterocycles. The number of ether oxygens (including phenoxy) is 1. The van der Waals surface area contributed by atoms with Gasteiger partial charge in [0.2, 0.25) is 0 Å².